The van der Waals surface area contributed by atoms with Crippen LogP contribution in [0, 0.1) is 0 Å². The topological polar surface area (TPSA) is 21.7 Å². The van der Waals surface area contributed by atoms with E-state index in [1.54, 1.807) is 0 Å². The van der Waals surface area contributed by atoms with Gasteiger partial charge in [-0.3, -0.25) is 4.90 Å². The summed E-state index contributed by atoms with van der Waals surface area (Å²) in [6, 6.07) is 0.447. The van der Waals surface area contributed by atoms with Gasteiger partial charge in [0, 0.05) is 13.1 Å². The maximum atomic E-state index is 13.8. The summed E-state index contributed by atoms with van der Waals surface area (Å²) in [4.78, 5) is 2.19. The lowest BCUT2D eigenvalue weighted by atomic mass is 10.0. The van der Waals surface area contributed by atoms with Gasteiger partial charge < -0.3 is 9.47 Å². The van der Waals surface area contributed by atoms with E-state index in [1.807, 2.05) is 13.8 Å². The third kappa shape index (κ3) is 2.68. The molecule has 0 N–H and O–H groups in total. The average Bonchev–Trinajstić information content (AvgIpc) is 2.06. The van der Waals surface area contributed by atoms with Crippen molar-refractivity contribution in [3.8, 4) is 0 Å². The molecule has 0 aromatic heterocycles. The maximum Gasteiger partial charge on any atom is 0.139 e. The van der Waals surface area contributed by atoms with E-state index < -0.39 is 6.17 Å². The molecule has 4 heteroatoms. The quantitative estimate of drug-likeness (QED) is 0.709. The van der Waals surface area contributed by atoms with Crippen molar-refractivity contribution in [1.29, 1.82) is 0 Å². The number of ether oxygens (including phenoxy) is 2. The molecule has 2 aliphatic rings. The normalized spacial score (nSPS) is 34.4. The second kappa shape index (κ2) is 4.76. The Morgan fingerprint density at radius 3 is 2.60 bits per heavy atom. The van der Waals surface area contributed by atoms with Crippen molar-refractivity contribution in [3.63, 3.8) is 0 Å². The van der Waals surface area contributed by atoms with Gasteiger partial charge in [0.1, 0.15) is 6.17 Å². The Bertz CT molecular complexity index is 209. The summed E-state index contributed by atoms with van der Waals surface area (Å²) < 4.78 is 24.4. The Labute approximate surface area is 90.5 Å². The molecule has 0 saturated carbocycles. The molecular weight excluding hydrogens is 197 g/mol. The van der Waals surface area contributed by atoms with Gasteiger partial charge in [-0.2, -0.15) is 0 Å². The van der Waals surface area contributed by atoms with Crippen LogP contribution in [0.25, 0.3) is 0 Å². The van der Waals surface area contributed by atoms with Crippen LogP contribution in [0.2, 0.25) is 0 Å². The van der Waals surface area contributed by atoms with E-state index in [1.165, 1.54) is 0 Å². The zero-order valence-electron chi connectivity index (χ0n) is 9.49. The summed E-state index contributed by atoms with van der Waals surface area (Å²) in [5, 5.41) is 0. The fraction of sp³-hybridized carbons (Fsp3) is 1.00. The highest BCUT2D eigenvalue weighted by Crippen LogP contribution is 2.22. The lowest BCUT2D eigenvalue weighted by molar-refractivity contribution is -0.117. The van der Waals surface area contributed by atoms with Gasteiger partial charge in [0.2, 0.25) is 0 Å². The second-order valence-corrected chi connectivity index (χ2v) is 4.71. The van der Waals surface area contributed by atoms with E-state index in [0.717, 1.165) is 26.2 Å². The van der Waals surface area contributed by atoms with Crippen LogP contribution in [0.15, 0.2) is 0 Å². The van der Waals surface area contributed by atoms with Gasteiger partial charge in [0.15, 0.2) is 0 Å². The van der Waals surface area contributed by atoms with Crippen LogP contribution in [0.4, 0.5) is 4.39 Å². The van der Waals surface area contributed by atoms with Crippen molar-refractivity contribution in [2.24, 2.45) is 0 Å². The number of alkyl halides is 1. The smallest absolute Gasteiger partial charge is 0.139 e. The highest BCUT2D eigenvalue weighted by atomic mass is 19.1. The number of rotatable bonds is 3. The molecule has 0 spiro atoms. The Balaban J connectivity index is 1.79. The summed E-state index contributed by atoms with van der Waals surface area (Å²) in [5.74, 6) is 0. The monoisotopic (exact) mass is 217 g/mol. The van der Waals surface area contributed by atoms with Crippen LogP contribution in [-0.4, -0.2) is 55.6 Å². The van der Waals surface area contributed by atoms with Gasteiger partial charge in [-0.05, 0) is 20.3 Å². The first-order valence-electron chi connectivity index (χ1n) is 5.78. The minimum absolute atomic E-state index is 0.117. The number of piperidine rings is 1. The second-order valence-electron chi connectivity index (χ2n) is 4.71. The van der Waals surface area contributed by atoms with Crippen LogP contribution in [0.5, 0.6) is 0 Å². The molecule has 2 aliphatic heterocycles. The first-order chi connectivity index (χ1) is 7.16. The van der Waals surface area contributed by atoms with E-state index in [4.69, 9.17) is 9.47 Å². The maximum absolute atomic E-state index is 13.8. The van der Waals surface area contributed by atoms with Crippen LogP contribution in [-0.2, 0) is 9.47 Å². The summed E-state index contributed by atoms with van der Waals surface area (Å²) in [6.07, 6.45) is -0.133. The predicted molar refractivity (Wildman–Crippen MR) is 55.7 cm³/mol. The van der Waals surface area contributed by atoms with Gasteiger partial charge in [-0.25, -0.2) is 4.39 Å². The molecule has 88 valence electrons. The van der Waals surface area contributed by atoms with Gasteiger partial charge in [-0.1, -0.05) is 0 Å². The Morgan fingerprint density at radius 1 is 1.40 bits per heavy atom. The molecule has 0 amide bonds. The molecule has 2 atom stereocenters. The van der Waals surface area contributed by atoms with Crippen molar-refractivity contribution < 1.29 is 13.9 Å². The largest absolute Gasteiger partial charge is 0.378 e. The zero-order chi connectivity index (χ0) is 10.8. The van der Waals surface area contributed by atoms with Crippen molar-refractivity contribution in [1.82, 2.24) is 4.90 Å². The van der Waals surface area contributed by atoms with Crippen LogP contribution >= 0.6 is 0 Å². The number of likely N-dealkylation sites (tertiary alicyclic amines) is 1. The fourth-order valence-corrected chi connectivity index (χ4v) is 2.18. The highest BCUT2D eigenvalue weighted by Gasteiger charge is 2.35. The minimum Gasteiger partial charge on any atom is -0.378 e. The van der Waals surface area contributed by atoms with E-state index in [-0.39, 0.29) is 12.2 Å². The van der Waals surface area contributed by atoms with Crippen molar-refractivity contribution in [3.05, 3.63) is 0 Å². The molecule has 15 heavy (non-hydrogen) atoms. The Hall–Kier alpha value is -0.190. The zero-order valence-corrected chi connectivity index (χ0v) is 9.49. The number of halogens is 1. The molecule has 2 heterocycles. The average molecular weight is 217 g/mol. The molecule has 0 aromatic rings. The standard InChI is InChI=1S/C11H20FNO2/c1-8(2)15-11-3-4-13(5-10(11)12)9-6-14-7-9/h8-11H,3-7H2,1-2H3/t10-,11+/m1/s1. The SMILES string of the molecule is CC(C)O[C@H]1CCN(C2COC2)C[C@H]1F. The molecule has 2 saturated heterocycles. The Morgan fingerprint density at radius 2 is 2.13 bits per heavy atom. The highest BCUT2D eigenvalue weighted by molar-refractivity contribution is 4.87. The minimum atomic E-state index is -0.846. The molecule has 0 radical (unpaired) electrons. The van der Waals surface area contributed by atoms with E-state index in [0.29, 0.717) is 12.6 Å². The van der Waals surface area contributed by atoms with Crippen molar-refractivity contribution in [2.75, 3.05) is 26.3 Å². The third-order valence-corrected chi connectivity index (χ3v) is 3.10. The molecule has 3 nitrogen and oxygen atoms in total. The van der Waals surface area contributed by atoms with E-state index >= 15 is 0 Å². The molecule has 0 bridgehead atoms. The number of hydrogen-bond acceptors (Lipinski definition) is 3. The molecular formula is C11H20FNO2. The molecule has 0 aliphatic carbocycles. The summed E-state index contributed by atoms with van der Waals surface area (Å²) in [5.41, 5.74) is 0. The van der Waals surface area contributed by atoms with Crippen LogP contribution in [0.3, 0.4) is 0 Å². The van der Waals surface area contributed by atoms with E-state index in [9.17, 15) is 4.39 Å². The summed E-state index contributed by atoms with van der Waals surface area (Å²) in [7, 11) is 0. The van der Waals surface area contributed by atoms with Gasteiger partial charge in [0.25, 0.3) is 0 Å². The van der Waals surface area contributed by atoms with Crippen LogP contribution in [0.1, 0.15) is 20.3 Å². The summed E-state index contributed by atoms with van der Waals surface area (Å²) >= 11 is 0. The number of nitrogens with zero attached hydrogens (tertiary/aromatic N) is 1. The van der Waals surface area contributed by atoms with Gasteiger partial charge in [0.05, 0.1) is 31.5 Å². The van der Waals surface area contributed by atoms with Gasteiger partial charge >= 0.3 is 0 Å². The third-order valence-electron chi connectivity index (χ3n) is 3.10. The van der Waals surface area contributed by atoms with E-state index in [2.05, 4.69) is 4.90 Å². The first-order valence-corrected chi connectivity index (χ1v) is 5.78. The number of hydrogen-bond donors (Lipinski definition) is 0. The first kappa shape index (κ1) is 11.3. The predicted octanol–water partition coefficient (Wildman–Crippen LogP) is 1.22. The lowest BCUT2D eigenvalue weighted by Gasteiger charge is -2.42. The lowest BCUT2D eigenvalue weighted by Crippen LogP contribution is -2.56. The fourth-order valence-electron chi connectivity index (χ4n) is 2.18. The molecule has 0 aromatic carbocycles. The van der Waals surface area contributed by atoms with Crippen molar-refractivity contribution in [2.45, 2.75) is 44.7 Å². The summed E-state index contributed by atoms with van der Waals surface area (Å²) in [6.45, 7) is 6.89. The van der Waals surface area contributed by atoms with Crippen molar-refractivity contribution >= 4 is 0 Å². The van der Waals surface area contributed by atoms with Gasteiger partial charge in [-0.15, -0.1) is 0 Å². The molecule has 2 fully saturated rings. The van der Waals surface area contributed by atoms with Crippen LogP contribution < -0.4 is 0 Å². The molecule has 0 unspecified atom stereocenters. The molecule has 2 rings (SSSR count). The Kier molecular flexibility index (Phi) is 3.59.